The normalized spacial score (nSPS) is 11.0. The first-order valence-electron chi connectivity index (χ1n) is 6.25. The summed E-state index contributed by atoms with van der Waals surface area (Å²) >= 11 is 0. The van der Waals surface area contributed by atoms with E-state index in [9.17, 15) is 4.79 Å². The predicted octanol–water partition coefficient (Wildman–Crippen LogP) is 2.77. The molecule has 0 unspecified atom stereocenters. The van der Waals surface area contributed by atoms with E-state index in [1.165, 1.54) is 0 Å². The molecule has 0 aliphatic rings. The van der Waals surface area contributed by atoms with Gasteiger partial charge in [-0.1, -0.05) is 5.16 Å². The zero-order chi connectivity index (χ0) is 15.2. The zero-order valence-electron chi connectivity index (χ0n) is 11.7. The Morgan fingerprint density at radius 2 is 1.29 bits per heavy atom. The number of carbonyl (C=O) groups excluding carboxylic acids is 1. The van der Waals surface area contributed by atoms with Gasteiger partial charge in [-0.25, -0.2) is 0 Å². The van der Waals surface area contributed by atoms with Gasteiger partial charge in [0.2, 0.25) is 5.78 Å². The van der Waals surface area contributed by atoms with Crippen molar-refractivity contribution in [2.45, 2.75) is 0 Å². The predicted molar refractivity (Wildman–Crippen MR) is 78.6 cm³/mol. The Morgan fingerprint density at radius 3 is 1.67 bits per heavy atom. The van der Waals surface area contributed by atoms with E-state index in [1.807, 2.05) is 0 Å². The fourth-order valence-corrected chi connectivity index (χ4v) is 1.86. The van der Waals surface area contributed by atoms with Crippen LogP contribution >= 0.6 is 0 Å². The lowest BCUT2D eigenvalue weighted by Gasteiger charge is -2.06. The van der Waals surface area contributed by atoms with Crippen molar-refractivity contribution in [1.29, 1.82) is 0 Å². The lowest BCUT2D eigenvalue weighted by molar-refractivity contribution is 0.106. The molecule has 0 amide bonds. The smallest absolute Gasteiger partial charge is 0.215 e. The molecule has 2 aromatic rings. The summed E-state index contributed by atoms with van der Waals surface area (Å²) in [7, 11) is 3.10. The van der Waals surface area contributed by atoms with Gasteiger partial charge in [0.1, 0.15) is 11.5 Å². The van der Waals surface area contributed by atoms with Crippen molar-refractivity contribution in [3.63, 3.8) is 0 Å². The molecule has 108 valence electrons. The molecule has 0 fully saturated rings. The Morgan fingerprint density at radius 1 is 0.857 bits per heavy atom. The second kappa shape index (κ2) is 6.56. The lowest BCUT2D eigenvalue weighted by atomic mass is 10.0. The number of hydrogen-bond donors (Lipinski definition) is 1. The molecule has 0 heterocycles. The first kappa shape index (κ1) is 14.6. The molecule has 5 heteroatoms. The van der Waals surface area contributed by atoms with Crippen LogP contribution in [0.1, 0.15) is 15.9 Å². The number of rotatable bonds is 5. The van der Waals surface area contributed by atoms with E-state index >= 15 is 0 Å². The van der Waals surface area contributed by atoms with E-state index < -0.39 is 0 Å². The van der Waals surface area contributed by atoms with Gasteiger partial charge in [0.05, 0.1) is 14.2 Å². The highest BCUT2D eigenvalue weighted by atomic mass is 16.5. The van der Waals surface area contributed by atoms with Gasteiger partial charge >= 0.3 is 0 Å². The second-order valence-corrected chi connectivity index (χ2v) is 4.23. The van der Waals surface area contributed by atoms with Gasteiger partial charge in [0.25, 0.3) is 0 Å². The highest BCUT2D eigenvalue weighted by Gasteiger charge is 2.17. The third kappa shape index (κ3) is 3.20. The molecular formula is C16H15NO4. The number of ketones is 1. The number of benzene rings is 2. The molecule has 0 atom stereocenters. The number of hydrogen-bond acceptors (Lipinski definition) is 5. The number of carbonyl (C=O) groups is 1. The van der Waals surface area contributed by atoms with E-state index in [0.717, 1.165) is 0 Å². The zero-order valence-corrected chi connectivity index (χ0v) is 11.7. The molecule has 0 spiro atoms. The van der Waals surface area contributed by atoms with E-state index in [1.54, 1.807) is 62.8 Å². The number of nitrogens with zero attached hydrogens (tertiary/aromatic N) is 1. The quantitative estimate of drug-likeness (QED) is 0.397. The van der Waals surface area contributed by atoms with Crippen LogP contribution in [-0.2, 0) is 0 Å². The van der Waals surface area contributed by atoms with Crippen molar-refractivity contribution in [2.75, 3.05) is 14.2 Å². The molecule has 2 rings (SSSR count). The molecule has 0 aliphatic heterocycles. The average molecular weight is 285 g/mol. The minimum atomic E-state index is -0.370. The molecule has 0 saturated heterocycles. The topological polar surface area (TPSA) is 68.1 Å². The van der Waals surface area contributed by atoms with Crippen LogP contribution in [-0.4, -0.2) is 30.9 Å². The van der Waals surface area contributed by atoms with Crippen LogP contribution in [0.2, 0.25) is 0 Å². The van der Waals surface area contributed by atoms with E-state index in [-0.39, 0.29) is 11.5 Å². The number of oxime groups is 1. The molecule has 21 heavy (non-hydrogen) atoms. The molecule has 1 N–H and O–H groups in total. The second-order valence-electron chi connectivity index (χ2n) is 4.23. The monoisotopic (exact) mass is 285 g/mol. The standard InChI is InChI=1S/C16H15NO4/c1-20-13-7-3-11(4-8-13)15(17-19)16(18)12-5-9-14(21-2)10-6-12/h3-10,19H,1-2H3/b17-15-. The summed E-state index contributed by atoms with van der Waals surface area (Å²) in [6, 6.07) is 13.3. The first-order valence-corrected chi connectivity index (χ1v) is 6.25. The molecule has 0 aromatic heterocycles. The fraction of sp³-hybridized carbons (Fsp3) is 0.125. The Labute approximate surface area is 122 Å². The average Bonchev–Trinajstić information content (AvgIpc) is 2.56. The summed E-state index contributed by atoms with van der Waals surface area (Å²) in [5, 5.41) is 12.3. The highest BCUT2D eigenvalue weighted by molar-refractivity contribution is 6.51. The van der Waals surface area contributed by atoms with E-state index in [2.05, 4.69) is 5.16 Å². The van der Waals surface area contributed by atoms with Crippen molar-refractivity contribution < 1.29 is 19.5 Å². The molecular weight excluding hydrogens is 270 g/mol. The van der Waals surface area contributed by atoms with Crippen molar-refractivity contribution in [3.8, 4) is 11.5 Å². The van der Waals surface area contributed by atoms with Crippen LogP contribution < -0.4 is 9.47 Å². The van der Waals surface area contributed by atoms with Crippen molar-refractivity contribution >= 4 is 11.5 Å². The van der Waals surface area contributed by atoms with Crippen molar-refractivity contribution in [2.24, 2.45) is 5.16 Å². The van der Waals surface area contributed by atoms with E-state index in [4.69, 9.17) is 14.7 Å². The maximum atomic E-state index is 12.4. The minimum Gasteiger partial charge on any atom is -0.497 e. The van der Waals surface area contributed by atoms with Crippen LogP contribution in [0, 0.1) is 0 Å². The Balaban J connectivity index is 2.29. The molecule has 0 bridgehead atoms. The fourth-order valence-electron chi connectivity index (χ4n) is 1.86. The molecule has 0 saturated carbocycles. The van der Waals surface area contributed by atoms with Gasteiger partial charge in [-0.3, -0.25) is 4.79 Å². The SMILES string of the molecule is COc1ccc(C(=O)/C(=N\O)c2ccc(OC)cc2)cc1. The number of ether oxygens (including phenoxy) is 2. The summed E-state index contributed by atoms with van der Waals surface area (Å²) in [6.07, 6.45) is 0. The third-order valence-corrected chi connectivity index (χ3v) is 3.03. The van der Waals surface area contributed by atoms with Crippen LogP contribution in [0.15, 0.2) is 53.7 Å². The molecule has 0 radical (unpaired) electrons. The van der Waals surface area contributed by atoms with Gasteiger partial charge in [-0.2, -0.15) is 0 Å². The maximum absolute atomic E-state index is 12.4. The highest BCUT2D eigenvalue weighted by Crippen LogP contribution is 2.16. The summed E-state index contributed by atoms with van der Waals surface area (Å²) in [5.41, 5.74) is 0.904. The van der Waals surface area contributed by atoms with Crippen molar-refractivity contribution in [1.82, 2.24) is 0 Å². The lowest BCUT2D eigenvalue weighted by Crippen LogP contribution is -2.15. The minimum absolute atomic E-state index is 0.0252. The molecule has 5 nitrogen and oxygen atoms in total. The van der Waals surface area contributed by atoms with Gasteiger partial charge in [-0.05, 0) is 48.5 Å². The third-order valence-electron chi connectivity index (χ3n) is 3.03. The Hall–Kier alpha value is -2.82. The Kier molecular flexibility index (Phi) is 4.56. The molecule has 2 aromatic carbocycles. The summed E-state index contributed by atoms with van der Waals surface area (Å²) < 4.78 is 10.1. The van der Waals surface area contributed by atoms with Crippen LogP contribution in [0.25, 0.3) is 0 Å². The number of methoxy groups -OCH3 is 2. The Bertz CT molecular complexity index is 645. The van der Waals surface area contributed by atoms with Crippen LogP contribution in [0.3, 0.4) is 0 Å². The summed E-state index contributed by atoms with van der Waals surface area (Å²) in [6.45, 7) is 0. The van der Waals surface area contributed by atoms with Gasteiger partial charge in [-0.15, -0.1) is 0 Å². The first-order chi connectivity index (χ1) is 10.2. The van der Waals surface area contributed by atoms with Gasteiger partial charge < -0.3 is 14.7 Å². The van der Waals surface area contributed by atoms with Crippen LogP contribution in [0.5, 0.6) is 11.5 Å². The number of Topliss-reactive ketones (excluding diaryl/α,β-unsaturated/α-hetero) is 1. The van der Waals surface area contributed by atoms with Gasteiger partial charge in [0, 0.05) is 11.1 Å². The maximum Gasteiger partial charge on any atom is 0.215 e. The van der Waals surface area contributed by atoms with Gasteiger partial charge in [0.15, 0.2) is 5.71 Å². The van der Waals surface area contributed by atoms with E-state index in [0.29, 0.717) is 22.6 Å². The van der Waals surface area contributed by atoms with Crippen molar-refractivity contribution in [3.05, 3.63) is 59.7 Å². The summed E-state index contributed by atoms with van der Waals surface area (Å²) in [5.74, 6) is 0.941. The van der Waals surface area contributed by atoms with Crippen LogP contribution in [0.4, 0.5) is 0 Å². The summed E-state index contributed by atoms with van der Waals surface area (Å²) in [4.78, 5) is 12.4. The molecule has 0 aliphatic carbocycles. The largest absolute Gasteiger partial charge is 0.497 e.